The molecule has 4 aromatic rings. The van der Waals surface area contributed by atoms with E-state index in [0.29, 0.717) is 6.04 Å². The van der Waals surface area contributed by atoms with E-state index in [4.69, 9.17) is 9.72 Å². The van der Waals surface area contributed by atoms with Gasteiger partial charge in [0.15, 0.2) is 0 Å². The summed E-state index contributed by atoms with van der Waals surface area (Å²) in [5.41, 5.74) is 2.72. The van der Waals surface area contributed by atoms with Gasteiger partial charge >= 0.3 is 0 Å². The maximum Gasteiger partial charge on any atom is 0.139 e. The van der Waals surface area contributed by atoms with E-state index in [1.165, 1.54) is 6.42 Å². The first kappa shape index (κ1) is 20.2. The Morgan fingerprint density at radius 3 is 2.88 bits per heavy atom. The summed E-state index contributed by atoms with van der Waals surface area (Å²) in [6.45, 7) is 2.73. The number of anilines is 1. The van der Waals surface area contributed by atoms with Gasteiger partial charge in [-0.25, -0.2) is 9.97 Å². The van der Waals surface area contributed by atoms with Crippen LogP contribution in [0.3, 0.4) is 0 Å². The summed E-state index contributed by atoms with van der Waals surface area (Å²) >= 11 is 0. The van der Waals surface area contributed by atoms with Gasteiger partial charge in [0.2, 0.25) is 0 Å². The quantitative estimate of drug-likeness (QED) is 0.472. The summed E-state index contributed by atoms with van der Waals surface area (Å²) in [4.78, 5) is 11.8. The van der Waals surface area contributed by atoms with Crippen LogP contribution in [0.4, 0.5) is 5.82 Å². The van der Waals surface area contributed by atoms with Gasteiger partial charge in [-0.1, -0.05) is 36.4 Å². The Hall–Kier alpha value is -3.22. The third-order valence-electron chi connectivity index (χ3n) is 8.00. The number of aromatic hydroxyl groups is 1. The molecule has 4 heterocycles. The van der Waals surface area contributed by atoms with Crippen molar-refractivity contribution in [3.05, 3.63) is 60.9 Å². The number of ether oxygens (including phenoxy) is 1. The van der Waals surface area contributed by atoms with Crippen LogP contribution in [0.1, 0.15) is 25.7 Å². The fourth-order valence-corrected chi connectivity index (χ4v) is 6.46. The minimum atomic E-state index is 0.0192. The number of benzene rings is 3. The molecule has 0 amide bonds. The summed E-state index contributed by atoms with van der Waals surface area (Å²) < 4.78 is 6.15. The van der Waals surface area contributed by atoms with Gasteiger partial charge in [0, 0.05) is 36.7 Å². The van der Waals surface area contributed by atoms with Crippen molar-refractivity contribution in [1.82, 2.24) is 15.3 Å². The Labute approximate surface area is 198 Å². The van der Waals surface area contributed by atoms with Crippen LogP contribution in [0, 0.1) is 0 Å². The van der Waals surface area contributed by atoms with E-state index in [1.807, 2.05) is 18.2 Å². The van der Waals surface area contributed by atoms with Gasteiger partial charge in [-0.15, -0.1) is 0 Å². The molecule has 34 heavy (non-hydrogen) atoms. The molecule has 6 nitrogen and oxygen atoms in total. The Morgan fingerprint density at radius 1 is 1.03 bits per heavy atom. The normalized spacial score (nSPS) is 26.5. The van der Waals surface area contributed by atoms with E-state index >= 15 is 0 Å². The molecule has 0 unspecified atom stereocenters. The number of hydrogen-bond donors (Lipinski definition) is 2. The van der Waals surface area contributed by atoms with Crippen molar-refractivity contribution < 1.29 is 9.84 Å². The van der Waals surface area contributed by atoms with E-state index in [9.17, 15) is 5.11 Å². The van der Waals surface area contributed by atoms with Gasteiger partial charge in [0.1, 0.15) is 17.9 Å². The number of aromatic nitrogens is 2. The van der Waals surface area contributed by atoms with E-state index in [0.717, 1.165) is 77.6 Å². The molecule has 2 N–H and O–H groups in total. The first-order chi connectivity index (χ1) is 16.7. The molecule has 3 aliphatic rings. The zero-order valence-electron chi connectivity index (χ0n) is 19.1. The predicted molar refractivity (Wildman–Crippen MR) is 134 cm³/mol. The van der Waals surface area contributed by atoms with Gasteiger partial charge < -0.3 is 20.1 Å². The average molecular weight is 453 g/mol. The summed E-state index contributed by atoms with van der Waals surface area (Å²) in [6, 6.07) is 18.6. The third kappa shape index (κ3) is 3.09. The fraction of sp³-hybridized carbons (Fsp3) is 0.357. The molecule has 0 radical (unpaired) electrons. The van der Waals surface area contributed by atoms with Crippen LogP contribution in [0.5, 0.6) is 5.75 Å². The zero-order chi connectivity index (χ0) is 22.7. The number of nitrogens with one attached hydrogen (secondary N) is 1. The SMILES string of the molecule is Oc1ccc2ccccc2c1-c1ccc2c(N3C[C@@H]4CC[C@]([C@@H]5CCCO5)(C3)N4)ncnc2c1. The molecule has 172 valence electrons. The van der Waals surface area contributed by atoms with E-state index in [2.05, 4.69) is 45.5 Å². The van der Waals surface area contributed by atoms with Crippen LogP contribution in [0.15, 0.2) is 60.9 Å². The van der Waals surface area contributed by atoms with E-state index < -0.39 is 0 Å². The highest BCUT2D eigenvalue weighted by Gasteiger charge is 2.51. The second-order valence-electron chi connectivity index (χ2n) is 10.0. The fourth-order valence-electron chi connectivity index (χ4n) is 6.46. The van der Waals surface area contributed by atoms with E-state index in [-0.39, 0.29) is 17.4 Å². The van der Waals surface area contributed by atoms with Gasteiger partial charge in [-0.2, -0.15) is 0 Å². The maximum atomic E-state index is 10.7. The molecule has 3 atom stereocenters. The lowest BCUT2D eigenvalue weighted by molar-refractivity contribution is 0.0326. The van der Waals surface area contributed by atoms with Crippen molar-refractivity contribution in [2.24, 2.45) is 0 Å². The molecule has 1 aromatic heterocycles. The molecule has 3 saturated heterocycles. The Balaban J connectivity index is 1.30. The van der Waals surface area contributed by atoms with Crippen LogP contribution in [0.2, 0.25) is 0 Å². The maximum absolute atomic E-state index is 10.7. The van der Waals surface area contributed by atoms with Gasteiger partial charge in [0.25, 0.3) is 0 Å². The van der Waals surface area contributed by atoms with Crippen molar-refractivity contribution in [1.29, 1.82) is 0 Å². The predicted octanol–water partition coefficient (Wildman–Crippen LogP) is 4.65. The first-order valence-corrected chi connectivity index (χ1v) is 12.3. The van der Waals surface area contributed by atoms with Gasteiger partial charge in [-0.05, 0) is 60.2 Å². The first-order valence-electron chi connectivity index (χ1n) is 12.3. The number of nitrogens with zero attached hydrogens (tertiary/aromatic N) is 3. The number of rotatable bonds is 3. The topological polar surface area (TPSA) is 70.5 Å². The highest BCUT2D eigenvalue weighted by atomic mass is 16.5. The lowest BCUT2D eigenvalue weighted by Crippen LogP contribution is -2.65. The molecule has 0 spiro atoms. The minimum Gasteiger partial charge on any atom is -0.507 e. The standard InChI is InChI=1S/C28H28N4O2/c33-24-10-8-18-4-1-2-5-21(18)26(24)19-7-9-22-23(14-19)29-17-30-27(22)32-15-20-11-12-28(16-32,31-20)25-6-3-13-34-25/h1-2,4-5,7-10,14,17,20,25,31,33H,3,6,11-13,15-16H2/t20-,25-,28+/m0/s1. The molecular weight excluding hydrogens is 424 g/mol. The Bertz CT molecular complexity index is 1400. The molecule has 7 rings (SSSR count). The molecule has 0 aliphatic carbocycles. The largest absolute Gasteiger partial charge is 0.507 e. The summed E-state index contributed by atoms with van der Waals surface area (Å²) in [6.07, 6.45) is 6.59. The summed E-state index contributed by atoms with van der Waals surface area (Å²) in [7, 11) is 0. The van der Waals surface area contributed by atoms with Crippen LogP contribution in [-0.2, 0) is 4.74 Å². The number of phenolic OH excluding ortho intramolecular Hbond substituents is 1. The lowest BCUT2D eigenvalue weighted by atomic mass is 9.88. The average Bonchev–Trinajstić information content (AvgIpc) is 3.52. The summed E-state index contributed by atoms with van der Waals surface area (Å²) in [5.74, 6) is 1.28. The number of fused-ring (bicyclic) bond motifs is 4. The number of phenols is 1. The lowest BCUT2D eigenvalue weighted by Gasteiger charge is -2.45. The monoisotopic (exact) mass is 452 g/mol. The van der Waals surface area contributed by atoms with Gasteiger partial charge in [-0.3, -0.25) is 0 Å². The highest BCUT2D eigenvalue weighted by molar-refractivity contribution is 6.02. The van der Waals surface area contributed by atoms with Crippen molar-refractivity contribution in [3.63, 3.8) is 0 Å². The molecule has 3 fully saturated rings. The van der Waals surface area contributed by atoms with Crippen LogP contribution >= 0.6 is 0 Å². The van der Waals surface area contributed by atoms with Gasteiger partial charge in [0.05, 0.1) is 17.2 Å². The molecule has 6 heteroatoms. The van der Waals surface area contributed by atoms with Crippen LogP contribution < -0.4 is 10.2 Å². The van der Waals surface area contributed by atoms with Crippen LogP contribution in [0.25, 0.3) is 32.8 Å². The summed E-state index contributed by atoms with van der Waals surface area (Å²) in [5, 5.41) is 17.8. The second kappa shape index (κ2) is 7.65. The smallest absolute Gasteiger partial charge is 0.139 e. The van der Waals surface area contributed by atoms with Crippen LogP contribution in [-0.4, -0.2) is 52.5 Å². The minimum absolute atomic E-state index is 0.0192. The molecule has 3 aromatic carbocycles. The van der Waals surface area contributed by atoms with Crippen molar-refractivity contribution in [2.75, 3.05) is 24.6 Å². The second-order valence-corrected chi connectivity index (χ2v) is 10.0. The number of hydrogen-bond acceptors (Lipinski definition) is 6. The Morgan fingerprint density at radius 2 is 1.97 bits per heavy atom. The number of piperazine rings is 1. The third-order valence-corrected chi connectivity index (χ3v) is 8.00. The van der Waals surface area contributed by atoms with Crippen molar-refractivity contribution >= 4 is 27.5 Å². The van der Waals surface area contributed by atoms with Crippen molar-refractivity contribution in [3.8, 4) is 16.9 Å². The molecular formula is C28H28N4O2. The Kier molecular flexibility index (Phi) is 4.54. The molecule has 0 saturated carbocycles. The highest BCUT2D eigenvalue weighted by Crippen LogP contribution is 2.41. The molecule has 3 aliphatic heterocycles. The van der Waals surface area contributed by atoms with Crippen molar-refractivity contribution in [2.45, 2.75) is 43.4 Å². The molecule has 2 bridgehead atoms. The van der Waals surface area contributed by atoms with E-state index in [1.54, 1.807) is 12.4 Å². The zero-order valence-corrected chi connectivity index (χ0v) is 19.1.